The number of benzene rings is 2. The Labute approximate surface area is 166 Å². The highest BCUT2D eigenvalue weighted by molar-refractivity contribution is 5.97. The van der Waals surface area contributed by atoms with Gasteiger partial charge in [0.2, 0.25) is 0 Å². The molecule has 0 aliphatic rings. The van der Waals surface area contributed by atoms with Crippen molar-refractivity contribution in [3.63, 3.8) is 0 Å². The maximum Gasteiger partial charge on any atom is 0.159 e. The number of Topliss-reactive ketones (excluding diaryl/α,β-unsaturated/α-hetero) is 1. The fraction of sp³-hybridized carbons (Fsp3) is 0.217. The monoisotopic (exact) mass is 378 g/mol. The van der Waals surface area contributed by atoms with Crippen LogP contribution >= 0.6 is 0 Å². The van der Waals surface area contributed by atoms with Gasteiger partial charge in [-0.3, -0.25) is 9.36 Å². The molecule has 0 aliphatic carbocycles. The summed E-state index contributed by atoms with van der Waals surface area (Å²) in [6.45, 7) is 7.64. The highest BCUT2D eigenvalue weighted by Gasteiger charge is 2.08. The van der Waals surface area contributed by atoms with Crippen molar-refractivity contribution in [1.29, 1.82) is 0 Å². The van der Waals surface area contributed by atoms with Crippen molar-refractivity contribution in [3.8, 4) is 5.69 Å². The number of nitrogens with zero attached hydrogens (tertiary/aromatic N) is 2. The number of carbonyl (C=O) groups is 1. The van der Waals surface area contributed by atoms with E-state index in [-0.39, 0.29) is 5.78 Å². The zero-order valence-electron chi connectivity index (χ0n) is 17.1. The summed E-state index contributed by atoms with van der Waals surface area (Å²) in [4.78, 5) is 20.9. The Hall–Kier alpha value is -3.02. The molecule has 3 rings (SSSR count). The van der Waals surface area contributed by atoms with E-state index in [1.165, 1.54) is 0 Å². The van der Waals surface area contributed by atoms with Gasteiger partial charge in [-0.05, 0) is 61.4 Å². The average molecular weight is 378 g/mol. The van der Waals surface area contributed by atoms with Crippen LogP contribution in [0, 0.1) is 0 Å². The predicted molar refractivity (Wildman–Crippen MR) is 114 cm³/mol. The molecule has 0 amide bonds. The highest BCUT2D eigenvalue weighted by Crippen LogP contribution is 2.23. The van der Waals surface area contributed by atoms with Gasteiger partial charge in [0.15, 0.2) is 5.78 Å². The first kappa shape index (κ1) is 21.3. The lowest BCUT2D eigenvalue weighted by atomic mass is 10.1. The van der Waals surface area contributed by atoms with Crippen LogP contribution in [0.3, 0.4) is 0 Å². The molecule has 0 aliphatic heterocycles. The lowest BCUT2D eigenvalue weighted by Crippen LogP contribution is -2.75. The smallest absolute Gasteiger partial charge is 0.159 e. The van der Waals surface area contributed by atoms with Gasteiger partial charge in [-0.25, -0.2) is 9.82 Å². The normalized spacial score (nSPS) is 11.5. The van der Waals surface area contributed by atoms with E-state index in [0.717, 1.165) is 27.9 Å². The van der Waals surface area contributed by atoms with E-state index in [1.807, 2.05) is 67.1 Å². The molecular formula is C23H28N3O2+. The SMILES string of the molecule is CC.CO[NH2+]/C=C\C=C(/C)c1cccc(-n2cnc3cc(C(C)=O)ccc32)c1. The second-order valence-electron chi connectivity index (χ2n) is 6.03. The largest absolute Gasteiger partial charge is 0.299 e. The van der Waals surface area contributed by atoms with Gasteiger partial charge in [0.1, 0.15) is 12.5 Å². The van der Waals surface area contributed by atoms with E-state index in [4.69, 9.17) is 4.84 Å². The zero-order chi connectivity index (χ0) is 20.5. The molecule has 146 valence electrons. The molecule has 1 aromatic heterocycles. The van der Waals surface area contributed by atoms with Crippen LogP contribution in [0.5, 0.6) is 0 Å². The van der Waals surface area contributed by atoms with Crippen molar-refractivity contribution < 1.29 is 15.1 Å². The molecule has 1 heterocycles. The van der Waals surface area contributed by atoms with E-state index in [1.54, 1.807) is 25.8 Å². The first-order valence-electron chi connectivity index (χ1n) is 9.38. The van der Waals surface area contributed by atoms with Crippen molar-refractivity contribution in [2.45, 2.75) is 27.7 Å². The molecule has 0 unspecified atom stereocenters. The van der Waals surface area contributed by atoms with E-state index in [0.29, 0.717) is 5.56 Å². The number of aromatic nitrogens is 2. The van der Waals surface area contributed by atoms with Gasteiger partial charge < -0.3 is 0 Å². The van der Waals surface area contributed by atoms with Crippen molar-refractivity contribution in [2.24, 2.45) is 0 Å². The molecule has 5 heteroatoms. The number of fused-ring (bicyclic) bond motifs is 1. The Kier molecular flexibility index (Phi) is 7.87. The summed E-state index contributed by atoms with van der Waals surface area (Å²) in [5, 5.41) is 0. The molecular weight excluding hydrogens is 350 g/mol. The number of nitrogens with two attached hydrogens (primary N) is 1. The minimum atomic E-state index is 0.0444. The Morgan fingerprint density at radius 2 is 1.89 bits per heavy atom. The van der Waals surface area contributed by atoms with Crippen molar-refractivity contribution in [3.05, 3.63) is 78.3 Å². The highest BCUT2D eigenvalue weighted by atomic mass is 16.6. The summed E-state index contributed by atoms with van der Waals surface area (Å²) in [5.41, 5.74) is 7.41. The van der Waals surface area contributed by atoms with Crippen LogP contribution in [0.1, 0.15) is 43.6 Å². The van der Waals surface area contributed by atoms with Gasteiger partial charge in [-0.2, -0.15) is 5.48 Å². The molecule has 0 radical (unpaired) electrons. The summed E-state index contributed by atoms with van der Waals surface area (Å²) in [7, 11) is 1.62. The average Bonchev–Trinajstić information content (AvgIpc) is 3.16. The Bertz CT molecular complexity index is 1000. The molecule has 0 saturated carbocycles. The Morgan fingerprint density at radius 3 is 2.61 bits per heavy atom. The number of imidazole rings is 1. The van der Waals surface area contributed by atoms with Gasteiger partial charge in [-0.1, -0.05) is 32.1 Å². The topological polar surface area (TPSA) is 60.7 Å². The molecule has 28 heavy (non-hydrogen) atoms. The van der Waals surface area contributed by atoms with Crippen molar-refractivity contribution in [1.82, 2.24) is 9.55 Å². The molecule has 0 spiro atoms. The molecule has 0 saturated heterocycles. The summed E-state index contributed by atoms with van der Waals surface area (Å²) in [5.74, 6) is 0.0444. The first-order valence-corrected chi connectivity index (χ1v) is 9.38. The third-order valence-corrected chi connectivity index (χ3v) is 4.21. The molecule has 0 bridgehead atoms. The summed E-state index contributed by atoms with van der Waals surface area (Å²) >= 11 is 0. The van der Waals surface area contributed by atoms with Crippen LogP contribution < -0.4 is 5.48 Å². The molecule has 3 aromatic rings. The molecule has 0 atom stereocenters. The Morgan fingerprint density at radius 1 is 1.11 bits per heavy atom. The fourth-order valence-electron chi connectivity index (χ4n) is 2.76. The lowest BCUT2D eigenvalue weighted by Gasteiger charge is -2.08. The van der Waals surface area contributed by atoms with Crippen molar-refractivity contribution >= 4 is 22.4 Å². The number of allylic oxidation sites excluding steroid dienone is 3. The van der Waals surface area contributed by atoms with Crippen LogP contribution in [-0.4, -0.2) is 22.4 Å². The summed E-state index contributed by atoms with van der Waals surface area (Å²) in [6, 6.07) is 13.9. The first-order chi connectivity index (χ1) is 13.6. The number of ketones is 1. The summed E-state index contributed by atoms with van der Waals surface area (Å²) < 4.78 is 2.03. The third-order valence-electron chi connectivity index (χ3n) is 4.21. The second kappa shape index (κ2) is 10.3. The molecule has 2 N–H and O–H groups in total. The number of hydroxylamine groups is 1. The molecule has 2 aromatic carbocycles. The van der Waals surface area contributed by atoms with Gasteiger partial charge in [0.05, 0.1) is 18.1 Å². The molecule has 0 fully saturated rings. The Balaban J connectivity index is 0.00000136. The number of rotatable bonds is 6. The number of hydrogen-bond acceptors (Lipinski definition) is 3. The molecule has 5 nitrogen and oxygen atoms in total. The van der Waals surface area contributed by atoms with Gasteiger partial charge >= 0.3 is 0 Å². The third kappa shape index (κ3) is 5.03. The van der Waals surface area contributed by atoms with Crippen LogP contribution in [0.4, 0.5) is 0 Å². The number of carbonyl (C=O) groups excluding carboxylic acids is 1. The minimum absolute atomic E-state index is 0.0444. The second-order valence-corrected chi connectivity index (χ2v) is 6.03. The van der Waals surface area contributed by atoms with E-state index < -0.39 is 0 Å². The fourth-order valence-corrected chi connectivity index (χ4v) is 2.76. The zero-order valence-corrected chi connectivity index (χ0v) is 17.1. The summed E-state index contributed by atoms with van der Waals surface area (Å²) in [6.07, 6.45) is 7.63. The van der Waals surface area contributed by atoms with E-state index >= 15 is 0 Å². The minimum Gasteiger partial charge on any atom is -0.299 e. The van der Waals surface area contributed by atoms with Gasteiger partial charge in [0.25, 0.3) is 0 Å². The van der Waals surface area contributed by atoms with Crippen LogP contribution in [0.25, 0.3) is 22.3 Å². The quantitative estimate of drug-likeness (QED) is 0.395. The van der Waals surface area contributed by atoms with E-state index in [9.17, 15) is 4.79 Å². The lowest BCUT2D eigenvalue weighted by molar-refractivity contribution is -0.842. The maximum atomic E-state index is 11.6. The standard InChI is InChI=1S/C21H21N3O2.C2H6/c1-15(6-5-11-23-26-3)17-7-4-8-19(12-17)24-14-22-20-13-18(16(2)25)9-10-21(20)24;1-2/h4-14,23H,1-3H3;1-2H3/p+1/b11-5-,15-6+;. The van der Waals surface area contributed by atoms with E-state index in [2.05, 4.69) is 24.0 Å². The number of hydrogen-bond donors (Lipinski definition) is 1. The predicted octanol–water partition coefficient (Wildman–Crippen LogP) is 4.30. The van der Waals surface area contributed by atoms with Gasteiger partial charge in [-0.15, -0.1) is 0 Å². The van der Waals surface area contributed by atoms with Gasteiger partial charge in [0, 0.05) is 11.3 Å². The van der Waals surface area contributed by atoms with Crippen LogP contribution in [0.15, 0.2) is 67.1 Å². The number of quaternary nitrogens is 1. The van der Waals surface area contributed by atoms with Crippen molar-refractivity contribution in [2.75, 3.05) is 7.11 Å². The van der Waals surface area contributed by atoms with Crippen LogP contribution in [-0.2, 0) is 4.84 Å². The maximum absolute atomic E-state index is 11.6. The van der Waals surface area contributed by atoms with Crippen LogP contribution in [0.2, 0.25) is 0 Å².